The first kappa shape index (κ1) is 9.12. The van der Waals surface area contributed by atoms with Crippen LogP contribution in [0.2, 0.25) is 0 Å². The fourth-order valence-electron chi connectivity index (χ4n) is 0.893. The molecular formula is C9H6O4. The van der Waals surface area contributed by atoms with Crippen LogP contribution in [0, 0.1) is 0 Å². The Kier molecular flexibility index (Phi) is 2.92. The van der Waals surface area contributed by atoms with E-state index in [2.05, 4.69) is 4.74 Å². The van der Waals surface area contributed by atoms with Gasteiger partial charge in [0.1, 0.15) is 0 Å². The number of ether oxygens (including phenoxy) is 1. The highest BCUT2D eigenvalue weighted by molar-refractivity contribution is 6.00. The summed E-state index contributed by atoms with van der Waals surface area (Å²) in [6, 6.07) is 6.07. The maximum Gasteiger partial charge on any atom is 0.346 e. The first-order valence-corrected chi connectivity index (χ1v) is 3.48. The molecule has 4 nitrogen and oxygen atoms in total. The number of esters is 1. The van der Waals surface area contributed by atoms with E-state index in [4.69, 9.17) is 0 Å². The standard InChI is InChI=1S/C9H6O4/c10-5-7-3-1-2-4-8(7)9(12)13-6-11/h1-6H. The Bertz CT molecular complexity index is 343. The molecule has 0 bridgehead atoms. The van der Waals surface area contributed by atoms with Crippen molar-refractivity contribution in [2.24, 2.45) is 0 Å². The maximum atomic E-state index is 11.0. The van der Waals surface area contributed by atoms with Gasteiger partial charge in [0.15, 0.2) is 6.29 Å². The molecule has 0 fully saturated rings. The van der Waals surface area contributed by atoms with E-state index in [1.54, 1.807) is 12.1 Å². The van der Waals surface area contributed by atoms with Gasteiger partial charge in [-0.1, -0.05) is 18.2 Å². The average Bonchev–Trinajstić information content (AvgIpc) is 2.18. The smallest absolute Gasteiger partial charge is 0.346 e. The minimum atomic E-state index is -0.822. The van der Waals surface area contributed by atoms with Crippen LogP contribution < -0.4 is 0 Å². The summed E-state index contributed by atoms with van der Waals surface area (Å²) in [4.78, 5) is 31.3. The van der Waals surface area contributed by atoms with E-state index in [-0.39, 0.29) is 17.6 Å². The summed E-state index contributed by atoms with van der Waals surface area (Å²) < 4.78 is 4.09. The fraction of sp³-hybridized carbons (Fsp3) is 0. The SMILES string of the molecule is O=COC(=O)c1ccccc1C=O. The Morgan fingerprint density at radius 2 is 1.92 bits per heavy atom. The van der Waals surface area contributed by atoms with Crippen molar-refractivity contribution in [1.29, 1.82) is 0 Å². The second kappa shape index (κ2) is 4.15. The summed E-state index contributed by atoms with van der Waals surface area (Å²) in [5.74, 6) is -0.822. The van der Waals surface area contributed by atoms with Crippen molar-refractivity contribution in [3.63, 3.8) is 0 Å². The van der Waals surface area contributed by atoms with Crippen LogP contribution in [0.5, 0.6) is 0 Å². The van der Waals surface area contributed by atoms with E-state index in [1.165, 1.54) is 12.1 Å². The monoisotopic (exact) mass is 178 g/mol. The zero-order valence-electron chi connectivity index (χ0n) is 6.60. The molecule has 0 spiro atoms. The van der Waals surface area contributed by atoms with E-state index in [1.807, 2.05) is 0 Å². The van der Waals surface area contributed by atoms with Crippen LogP contribution in [0.25, 0.3) is 0 Å². The predicted molar refractivity (Wildman–Crippen MR) is 43.3 cm³/mol. The predicted octanol–water partition coefficient (Wildman–Crippen LogP) is 0.812. The molecule has 13 heavy (non-hydrogen) atoms. The molecule has 0 saturated carbocycles. The van der Waals surface area contributed by atoms with Gasteiger partial charge in [0, 0.05) is 5.56 Å². The molecule has 0 atom stereocenters. The van der Waals surface area contributed by atoms with Gasteiger partial charge in [-0.3, -0.25) is 9.59 Å². The molecule has 66 valence electrons. The molecule has 1 aromatic rings. The Hall–Kier alpha value is -1.97. The van der Waals surface area contributed by atoms with Gasteiger partial charge in [-0.15, -0.1) is 0 Å². The molecule has 0 aromatic heterocycles. The van der Waals surface area contributed by atoms with Gasteiger partial charge in [-0.2, -0.15) is 0 Å². The Morgan fingerprint density at radius 3 is 2.54 bits per heavy atom. The van der Waals surface area contributed by atoms with Gasteiger partial charge >= 0.3 is 12.4 Å². The first-order valence-electron chi connectivity index (χ1n) is 3.48. The molecule has 4 heteroatoms. The van der Waals surface area contributed by atoms with Gasteiger partial charge in [-0.05, 0) is 6.07 Å². The van der Waals surface area contributed by atoms with Crippen LogP contribution in [-0.4, -0.2) is 18.7 Å². The molecular weight excluding hydrogens is 172 g/mol. The van der Waals surface area contributed by atoms with Crippen molar-refractivity contribution in [2.45, 2.75) is 0 Å². The molecule has 0 radical (unpaired) electrons. The number of rotatable bonds is 3. The summed E-state index contributed by atoms with van der Waals surface area (Å²) in [6.07, 6.45) is 0.529. The van der Waals surface area contributed by atoms with Gasteiger partial charge in [0.05, 0.1) is 5.56 Å². The van der Waals surface area contributed by atoms with Crippen LogP contribution in [0.15, 0.2) is 24.3 Å². The lowest BCUT2D eigenvalue weighted by atomic mass is 10.1. The van der Waals surface area contributed by atoms with Crippen LogP contribution >= 0.6 is 0 Å². The highest BCUT2D eigenvalue weighted by atomic mass is 16.6. The molecule has 0 saturated heterocycles. The Labute approximate surface area is 74.1 Å². The lowest BCUT2D eigenvalue weighted by molar-refractivity contribution is -0.123. The molecule has 0 heterocycles. The van der Waals surface area contributed by atoms with E-state index in [0.29, 0.717) is 6.29 Å². The van der Waals surface area contributed by atoms with Crippen LogP contribution in [0.3, 0.4) is 0 Å². The number of aldehydes is 1. The minimum Gasteiger partial charge on any atom is -0.392 e. The minimum absolute atomic E-state index is 0.0317. The maximum absolute atomic E-state index is 11.0. The van der Waals surface area contributed by atoms with E-state index in [0.717, 1.165) is 0 Å². The second-order valence-electron chi connectivity index (χ2n) is 2.21. The normalized spacial score (nSPS) is 8.92. The summed E-state index contributed by atoms with van der Waals surface area (Å²) in [7, 11) is 0. The Balaban J connectivity index is 3.05. The van der Waals surface area contributed by atoms with E-state index >= 15 is 0 Å². The highest BCUT2D eigenvalue weighted by Crippen LogP contribution is 2.06. The van der Waals surface area contributed by atoms with Crippen molar-refractivity contribution < 1.29 is 19.1 Å². The summed E-state index contributed by atoms with van der Waals surface area (Å²) >= 11 is 0. The number of carbonyl (C=O) groups is 3. The number of carbonyl (C=O) groups excluding carboxylic acids is 3. The third-order valence-electron chi connectivity index (χ3n) is 1.46. The largest absolute Gasteiger partial charge is 0.392 e. The van der Waals surface area contributed by atoms with Crippen LogP contribution in [-0.2, 0) is 9.53 Å². The summed E-state index contributed by atoms with van der Waals surface area (Å²) in [6.45, 7) is 0.0317. The topological polar surface area (TPSA) is 60.4 Å². The summed E-state index contributed by atoms with van der Waals surface area (Å²) in [5.41, 5.74) is 0.291. The highest BCUT2D eigenvalue weighted by Gasteiger charge is 2.10. The van der Waals surface area contributed by atoms with E-state index in [9.17, 15) is 14.4 Å². The molecule has 0 N–H and O–H groups in total. The van der Waals surface area contributed by atoms with Crippen LogP contribution in [0.1, 0.15) is 20.7 Å². The van der Waals surface area contributed by atoms with Gasteiger partial charge < -0.3 is 4.74 Å². The number of benzene rings is 1. The zero-order chi connectivity index (χ0) is 9.68. The molecule has 0 aliphatic rings. The van der Waals surface area contributed by atoms with Gasteiger partial charge in [0.2, 0.25) is 0 Å². The zero-order valence-corrected chi connectivity index (χ0v) is 6.60. The molecule has 1 aromatic carbocycles. The van der Waals surface area contributed by atoms with Crippen molar-refractivity contribution >= 4 is 18.7 Å². The quantitative estimate of drug-likeness (QED) is 0.390. The van der Waals surface area contributed by atoms with Crippen molar-refractivity contribution in [2.75, 3.05) is 0 Å². The van der Waals surface area contributed by atoms with Crippen LogP contribution in [0.4, 0.5) is 0 Å². The molecule has 0 aliphatic carbocycles. The molecule has 0 unspecified atom stereocenters. The van der Waals surface area contributed by atoms with Crippen molar-refractivity contribution in [3.8, 4) is 0 Å². The lowest BCUT2D eigenvalue weighted by Crippen LogP contribution is -2.06. The Morgan fingerprint density at radius 1 is 1.23 bits per heavy atom. The van der Waals surface area contributed by atoms with Gasteiger partial charge in [-0.25, -0.2) is 4.79 Å². The van der Waals surface area contributed by atoms with E-state index < -0.39 is 5.97 Å². The second-order valence-corrected chi connectivity index (χ2v) is 2.21. The molecule has 0 aliphatic heterocycles. The lowest BCUT2D eigenvalue weighted by Gasteiger charge is -1.99. The van der Waals surface area contributed by atoms with Crippen molar-refractivity contribution in [3.05, 3.63) is 35.4 Å². The third kappa shape index (κ3) is 1.99. The van der Waals surface area contributed by atoms with Crippen molar-refractivity contribution in [1.82, 2.24) is 0 Å². The molecule has 0 amide bonds. The fourth-order valence-corrected chi connectivity index (χ4v) is 0.893. The number of hydrogen-bond acceptors (Lipinski definition) is 4. The first-order chi connectivity index (χ1) is 6.29. The average molecular weight is 178 g/mol. The third-order valence-corrected chi connectivity index (χ3v) is 1.46. The number of hydrogen-bond donors (Lipinski definition) is 0. The summed E-state index contributed by atoms with van der Waals surface area (Å²) in [5, 5.41) is 0. The van der Waals surface area contributed by atoms with Gasteiger partial charge in [0.25, 0.3) is 0 Å². The molecule has 1 rings (SSSR count).